The number of piperidine rings is 1. The molecule has 31 heavy (non-hydrogen) atoms. The molecule has 0 radical (unpaired) electrons. The largest absolute Gasteiger partial charge is 0.506 e. The van der Waals surface area contributed by atoms with Crippen molar-refractivity contribution in [2.24, 2.45) is 5.41 Å². The highest BCUT2D eigenvalue weighted by atomic mass is 16.6. The second-order valence-electron chi connectivity index (χ2n) is 8.46. The van der Waals surface area contributed by atoms with Crippen LogP contribution < -0.4 is 10.2 Å². The zero-order valence-corrected chi connectivity index (χ0v) is 17.8. The number of nitrogens with zero attached hydrogens (tertiary/aromatic N) is 3. The Bertz CT molecular complexity index is 988. The summed E-state index contributed by atoms with van der Waals surface area (Å²) in [5.74, 6) is 0.343. The Balaban J connectivity index is 1.60. The smallest absolute Gasteiger partial charge is 0.221 e. The minimum Gasteiger partial charge on any atom is -0.506 e. The van der Waals surface area contributed by atoms with Crippen molar-refractivity contribution in [2.45, 2.75) is 46.0 Å². The fourth-order valence-corrected chi connectivity index (χ4v) is 4.45. The van der Waals surface area contributed by atoms with Crippen LogP contribution in [-0.2, 0) is 16.1 Å². The molecule has 2 aromatic rings. The Hall–Kier alpha value is -2.75. The fourth-order valence-electron chi connectivity index (χ4n) is 4.45. The first kappa shape index (κ1) is 21.5. The predicted octanol–water partition coefficient (Wildman–Crippen LogP) is 1.93. The number of phenolic OH excluding ortho intramolecular Hbond substituents is 1. The molecule has 2 fully saturated rings. The zero-order valence-electron chi connectivity index (χ0n) is 17.8. The lowest BCUT2D eigenvalue weighted by molar-refractivity contribution is -0.114. The number of aromatic nitrogens is 2. The maximum absolute atomic E-state index is 11.4. The van der Waals surface area contributed by atoms with Crippen LogP contribution in [0, 0.1) is 12.3 Å². The van der Waals surface area contributed by atoms with Crippen LogP contribution in [0.5, 0.6) is 5.75 Å². The molecule has 1 atom stereocenters. The van der Waals surface area contributed by atoms with Crippen LogP contribution in [0.15, 0.2) is 18.2 Å². The van der Waals surface area contributed by atoms with Crippen LogP contribution in [0.2, 0.25) is 0 Å². The highest BCUT2D eigenvalue weighted by Crippen LogP contribution is 2.42. The Morgan fingerprint density at radius 3 is 2.68 bits per heavy atom. The van der Waals surface area contributed by atoms with E-state index < -0.39 is 6.29 Å². The summed E-state index contributed by atoms with van der Waals surface area (Å²) in [5.41, 5.74) is 2.75. The highest BCUT2D eigenvalue weighted by molar-refractivity contribution is 5.91. The Morgan fingerprint density at radius 2 is 2.06 bits per heavy atom. The van der Waals surface area contributed by atoms with Gasteiger partial charge >= 0.3 is 0 Å². The molecule has 1 amide bonds. The number of aryl methyl sites for hydroxylation is 1. The van der Waals surface area contributed by atoms with Crippen LogP contribution in [0.4, 0.5) is 11.5 Å². The van der Waals surface area contributed by atoms with Crippen molar-refractivity contribution in [2.75, 3.05) is 29.9 Å². The molecule has 9 nitrogen and oxygen atoms in total. The number of rotatable bonds is 4. The van der Waals surface area contributed by atoms with E-state index in [0.717, 1.165) is 25.9 Å². The lowest BCUT2D eigenvalue weighted by Crippen LogP contribution is -2.41. The van der Waals surface area contributed by atoms with Crippen LogP contribution in [0.1, 0.15) is 37.6 Å². The molecule has 2 saturated heterocycles. The minimum absolute atomic E-state index is 0.0177. The fraction of sp³-hybridized carbons (Fsp3) is 0.500. The monoisotopic (exact) mass is 428 g/mol. The van der Waals surface area contributed by atoms with Gasteiger partial charge in [-0.05, 0) is 38.0 Å². The molecule has 1 aromatic carbocycles. The first-order valence-corrected chi connectivity index (χ1v) is 10.4. The molecule has 0 saturated carbocycles. The molecule has 1 spiro atoms. The number of amides is 1. The summed E-state index contributed by atoms with van der Waals surface area (Å²) in [6.07, 6.45) is 1.76. The van der Waals surface area contributed by atoms with Crippen molar-refractivity contribution < 1.29 is 24.9 Å². The van der Waals surface area contributed by atoms with Gasteiger partial charge in [-0.1, -0.05) is 0 Å². The van der Waals surface area contributed by atoms with Crippen molar-refractivity contribution in [3.05, 3.63) is 29.6 Å². The third-order valence-electron chi connectivity index (χ3n) is 6.16. The van der Waals surface area contributed by atoms with E-state index in [1.54, 1.807) is 12.1 Å². The van der Waals surface area contributed by atoms with Crippen LogP contribution >= 0.6 is 0 Å². The second kappa shape index (κ2) is 8.41. The number of carbonyl (C=O) groups is 1. The number of phenols is 1. The van der Waals surface area contributed by atoms with Crippen molar-refractivity contribution in [1.82, 2.24) is 9.97 Å². The Morgan fingerprint density at radius 1 is 1.32 bits per heavy atom. The number of aliphatic hydroxyl groups is 2. The van der Waals surface area contributed by atoms with Gasteiger partial charge in [-0.15, -0.1) is 0 Å². The Labute approximate surface area is 180 Å². The van der Waals surface area contributed by atoms with Gasteiger partial charge in [-0.3, -0.25) is 4.79 Å². The summed E-state index contributed by atoms with van der Waals surface area (Å²) in [4.78, 5) is 23.0. The molecular formula is C22H28N4O5. The van der Waals surface area contributed by atoms with Gasteiger partial charge in [0.05, 0.1) is 30.3 Å². The van der Waals surface area contributed by atoms with Gasteiger partial charge in [0.2, 0.25) is 5.91 Å². The van der Waals surface area contributed by atoms with Gasteiger partial charge in [-0.25, -0.2) is 9.97 Å². The van der Waals surface area contributed by atoms with Gasteiger partial charge < -0.3 is 30.3 Å². The van der Waals surface area contributed by atoms with Gasteiger partial charge in [0.15, 0.2) is 12.1 Å². The summed E-state index contributed by atoms with van der Waals surface area (Å²) >= 11 is 0. The standard InChI is InChI=1S/C22H28N4O5/c1-13-20(15-3-4-18(29)16(9-15)24-14(2)28)25-17(11-27)21(23-13)26-7-5-22(6-8-26)10-19(30)31-12-22/h3-4,9,19,27,29-30H,5-8,10-12H2,1-2H3,(H,24,28)/t19-/m1/s1. The Kier molecular flexibility index (Phi) is 5.83. The second-order valence-corrected chi connectivity index (χ2v) is 8.46. The van der Waals surface area contributed by atoms with Gasteiger partial charge in [0.25, 0.3) is 0 Å². The molecular weight excluding hydrogens is 400 g/mol. The normalized spacial score (nSPS) is 20.3. The SMILES string of the molecule is CC(=O)Nc1cc(-c2nc(CO)c(N3CCC4(CC3)CO[C@@H](O)C4)nc2C)ccc1O. The molecule has 0 unspecified atom stereocenters. The maximum atomic E-state index is 11.4. The zero-order chi connectivity index (χ0) is 22.2. The number of nitrogens with one attached hydrogen (secondary N) is 1. The lowest BCUT2D eigenvalue weighted by Gasteiger charge is -2.39. The van der Waals surface area contributed by atoms with Gasteiger partial charge in [0, 0.05) is 37.4 Å². The van der Waals surface area contributed by atoms with Crippen LogP contribution in [0.25, 0.3) is 11.3 Å². The minimum atomic E-state index is -0.673. The number of ether oxygens (including phenoxy) is 1. The van der Waals surface area contributed by atoms with Crippen LogP contribution in [-0.4, -0.2) is 57.2 Å². The van der Waals surface area contributed by atoms with E-state index in [-0.39, 0.29) is 23.7 Å². The molecule has 4 rings (SSSR count). The molecule has 166 valence electrons. The average molecular weight is 428 g/mol. The summed E-state index contributed by atoms with van der Waals surface area (Å²) in [5, 5.41) is 32.3. The van der Waals surface area contributed by atoms with Gasteiger partial charge in [0.1, 0.15) is 11.4 Å². The van der Waals surface area contributed by atoms with E-state index in [1.165, 1.54) is 13.0 Å². The number of aromatic hydroxyl groups is 1. The number of hydrogen-bond donors (Lipinski definition) is 4. The van der Waals surface area contributed by atoms with Crippen molar-refractivity contribution >= 4 is 17.4 Å². The summed E-state index contributed by atoms with van der Waals surface area (Å²) in [7, 11) is 0. The van der Waals surface area contributed by atoms with Crippen molar-refractivity contribution in [3.8, 4) is 17.0 Å². The summed E-state index contributed by atoms with van der Waals surface area (Å²) in [6.45, 7) is 5.05. The number of aliphatic hydroxyl groups excluding tert-OH is 2. The molecule has 0 aliphatic carbocycles. The highest BCUT2D eigenvalue weighted by Gasteiger charge is 2.42. The van der Waals surface area contributed by atoms with Gasteiger partial charge in [-0.2, -0.15) is 0 Å². The molecule has 9 heteroatoms. The third-order valence-corrected chi connectivity index (χ3v) is 6.16. The lowest BCUT2D eigenvalue weighted by atomic mass is 9.77. The van der Waals surface area contributed by atoms with E-state index in [9.17, 15) is 20.1 Å². The van der Waals surface area contributed by atoms with E-state index in [0.29, 0.717) is 47.2 Å². The average Bonchev–Trinajstić information content (AvgIpc) is 3.10. The van der Waals surface area contributed by atoms with Crippen LogP contribution in [0.3, 0.4) is 0 Å². The first-order valence-electron chi connectivity index (χ1n) is 10.4. The topological polar surface area (TPSA) is 128 Å². The molecule has 4 N–H and O–H groups in total. The summed E-state index contributed by atoms with van der Waals surface area (Å²) in [6, 6.07) is 4.84. The number of hydrogen-bond acceptors (Lipinski definition) is 8. The van der Waals surface area contributed by atoms with E-state index >= 15 is 0 Å². The van der Waals surface area contributed by atoms with Crippen molar-refractivity contribution in [3.63, 3.8) is 0 Å². The molecule has 3 heterocycles. The molecule has 1 aromatic heterocycles. The van der Waals surface area contributed by atoms with E-state index in [2.05, 4.69) is 15.2 Å². The van der Waals surface area contributed by atoms with Crippen molar-refractivity contribution in [1.29, 1.82) is 0 Å². The number of anilines is 2. The predicted molar refractivity (Wildman–Crippen MR) is 115 cm³/mol. The maximum Gasteiger partial charge on any atom is 0.221 e. The molecule has 0 bridgehead atoms. The third kappa shape index (κ3) is 4.34. The van der Waals surface area contributed by atoms with E-state index in [4.69, 9.17) is 9.72 Å². The van der Waals surface area contributed by atoms with E-state index in [1.807, 2.05) is 6.92 Å². The number of carbonyl (C=O) groups excluding carboxylic acids is 1. The first-order chi connectivity index (χ1) is 14.8. The quantitative estimate of drug-likeness (QED) is 0.544. The number of benzene rings is 1. The summed E-state index contributed by atoms with van der Waals surface area (Å²) < 4.78 is 5.38. The molecule has 2 aliphatic heterocycles. The molecule has 2 aliphatic rings.